The van der Waals surface area contributed by atoms with Gasteiger partial charge in [-0.2, -0.15) is 0 Å². The molecule has 1 unspecified atom stereocenters. The molecule has 1 N–H and O–H groups in total. The second-order valence-electron chi connectivity index (χ2n) is 5.87. The third-order valence-corrected chi connectivity index (χ3v) is 4.53. The Bertz CT molecular complexity index is 264. The zero-order chi connectivity index (χ0) is 14.3. The number of nitrogens with zero attached hydrogens (tertiary/aromatic N) is 2. The number of carbonyl (C=O) groups is 1. The molecular formula is C15H31N3O. The Labute approximate surface area is 118 Å². The van der Waals surface area contributed by atoms with E-state index in [2.05, 4.69) is 31.1 Å². The van der Waals surface area contributed by atoms with E-state index in [1.165, 1.54) is 19.3 Å². The molecule has 0 saturated heterocycles. The van der Waals surface area contributed by atoms with E-state index >= 15 is 0 Å². The highest BCUT2D eigenvalue weighted by Crippen LogP contribution is 2.21. The third kappa shape index (κ3) is 5.39. The molecule has 0 bridgehead atoms. The lowest BCUT2D eigenvalue weighted by Crippen LogP contribution is -2.46. The van der Waals surface area contributed by atoms with E-state index in [9.17, 15) is 4.79 Å². The summed E-state index contributed by atoms with van der Waals surface area (Å²) in [5.74, 6) is 0. The van der Waals surface area contributed by atoms with Gasteiger partial charge in [0.15, 0.2) is 0 Å². The summed E-state index contributed by atoms with van der Waals surface area (Å²) in [6.07, 6.45) is 7.32. The number of nitrogens with one attached hydrogen (secondary N) is 1. The number of hydrogen-bond donors (Lipinski definition) is 1. The van der Waals surface area contributed by atoms with Crippen LogP contribution in [0.2, 0.25) is 0 Å². The van der Waals surface area contributed by atoms with Crippen LogP contribution in [0.3, 0.4) is 0 Å². The minimum absolute atomic E-state index is 0.0875. The second-order valence-corrected chi connectivity index (χ2v) is 5.87. The average Bonchev–Trinajstić information content (AvgIpc) is 2.46. The molecule has 0 aromatic rings. The number of urea groups is 1. The van der Waals surface area contributed by atoms with Crippen molar-refractivity contribution in [3.63, 3.8) is 0 Å². The molecule has 0 aromatic carbocycles. The Morgan fingerprint density at radius 2 is 1.89 bits per heavy atom. The average molecular weight is 269 g/mol. The van der Waals surface area contributed by atoms with Gasteiger partial charge < -0.3 is 15.1 Å². The van der Waals surface area contributed by atoms with Crippen molar-refractivity contribution in [2.75, 3.05) is 27.2 Å². The van der Waals surface area contributed by atoms with Gasteiger partial charge in [-0.1, -0.05) is 26.2 Å². The van der Waals surface area contributed by atoms with Crippen LogP contribution in [-0.4, -0.2) is 55.1 Å². The molecule has 1 atom stereocenters. The highest BCUT2D eigenvalue weighted by molar-refractivity contribution is 5.74. The quantitative estimate of drug-likeness (QED) is 0.804. The largest absolute Gasteiger partial charge is 0.337 e. The molecule has 4 heteroatoms. The Kier molecular flexibility index (Phi) is 7.21. The summed E-state index contributed by atoms with van der Waals surface area (Å²) in [6.45, 7) is 6.06. The number of rotatable bonds is 6. The SMILES string of the molecule is CCC(C)N(C)CCNC(=O)N(C)C1CCCCC1. The number of amides is 2. The van der Waals surface area contributed by atoms with E-state index in [1.807, 2.05) is 11.9 Å². The van der Waals surface area contributed by atoms with Gasteiger partial charge in [0, 0.05) is 32.2 Å². The van der Waals surface area contributed by atoms with Crippen LogP contribution in [0.1, 0.15) is 52.4 Å². The summed E-state index contributed by atoms with van der Waals surface area (Å²) in [4.78, 5) is 16.3. The van der Waals surface area contributed by atoms with Crippen molar-refractivity contribution in [3.8, 4) is 0 Å². The first-order valence-corrected chi connectivity index (χ1v) is 7.77. The summed E-state index contributed by atoms with van der Waals surface area (Å²) in [7, 11) is 4.05. The van der Waals surface area contributed by atoms with Gasteiger partial charge in [-0.15, -0.1) is 0 Å². The Morgan fingerprint density at radius 3 is 2.47 bits per heavy atom. The van der Waals surface area contributed by atoms with Crippen LogP contribution < -0.4 is 5.32 Å². The molecule has 0 radical (unpaired) electrons. The first-order chi connectivity index (χ1) is 9.06. The lowest BCUT2D eigenvalue weighted by molar-refractivity contribution is 0.171. The molecule has 1 aliphatic carbocycles. The third-order valence-electron chi connectivity index (χ3n) is 4.53. The summed E-state index contributed by atoms with van der Waals surface area (Å²) in [6, 6.07) is 1.11. The standard InChI is InChI=1S/C15H31N3O/c1-5-13(2)17(3)12-11-16-15(19)18(4)14-9-7-6-8-10-14/h13-14H,5-12H2,1-4H3,(H,16,19). The van der Waals surface area contributed by atoms with Crippen molar-refractivity contribution >= 4 is 6.03 Å². The minimum atomic E-state index is 0.0875. The fraction of sp³-hybridized carbons (Fsp3) is 0.933. The predicted octanol–water partition coefficient (Wildman–Crippen LogP) is 2.69. The van der Waals surface area contributed by atoms with Crippen LogP contribution in [0.4, 0.5) is 4.79 Å². The van der Waals surface area contributed by atoms with Crippen molar-refractivity contribution in [2.24, 2.45) is 0 Å². The predicted molar refractivity (Wildman–Crippen MR) is 80.4 cm³/mol. The smallest absolute Gasteiger partial charge is 0.317 e. The number of likely N-dealkylation sites (N-methyl/N-ethyl adjacent to an activating group) is 1. The van der Waals surface area contributed by atoms with E-state index in [0.29, 0.717) is 12.1 Å². The molecule has 1 fully saturated rings. The van der Waals surface area contributed by atoms with E-state index in [-0.39, 0.29) is 6.03 Å². The maximum absolute atomic E-state index is 12.1. The number of hydrogen-bond acceptors (Lipinski definition) is 2. The molecule has 4 nitrogen and oxygen atoms in total. The van der Waals surface area contributed by atoms with Gasteiger partial charge in [0.25, 0.3) is 0 Å². The Hall–Kier alpha value is -0.770. The molecule has 1 saturated carbocycles. The van der Waals surface area contributed by atoms with E-state index in [1.54, 1.807) is 0 Å². The van der Waals surface area contributed by atoms with E-state index in [0.717, 1.165) is 32.4 Å². The van der Waals surface area contributed by atoms with Crippen molar-refractivity contribution < 1.29 is 4.79 Å². The normalized spacial score (nSPS) is 18.4. The first-order valence-electron chi connectivity index (χ1n) is 7.77. The summed E-state index contributed by atoms with van der Waals surface area (Å²) < 4.78 is 0. The van der Waals surface area contributed by atoms with Crippen LogP contribution in [0, 0.1) is 0 Å². The molecule has 0 aromatic heterocycles. The van der Waals surface area contributed by atoms with Crippen LogP contribution >= 0.6 is 0 Å². The first kappa shape index (κ1) is 16.3. The molecule has 1 rings (SSSR count). The van der Waals surface area contributed by atoms with Crippen LogP contribution in [-0.2, 0) is 0 Å². The highest BCUT2D eigenvalue weighted by Gasteiger charge is 2.21. The monoisotopic (exact) mass is 269 g/mol. The maximum atomic E-state index is 12.1. The Balaban J connectivity index is 2.22. The zero-order valence-corrected chi connectivity index (χ0v) is 13.1. The molecule has 112 valence electrons. The molecule has 1 aliphatic rings. The van der Waals surface area contributed by atoms with Crippen molar-refractivity contribution in [2.45, 2.75) is 64.5 Å². The van der Waals surface area contributed by atoms with Crippen LogP contribution in [0.25, 0.3) is 0 Å². The van der Waals surface area contributed by atoms with Crippen molar-refractivity contribution in [1.29, 1.82) is 0 Å². The number of carbonyl (C=O) groups excluding carboxylic acids is 1. The zero-order valence-electron chi connectivity index (χ0n) is 13.1. The molecule has 2 amide bonds. The fourth-order valence-electron chi connectivity index (χ4n) is 2.63. The van der Waals surface area contributed by atoms with Gasteiger partial charge in [-0.25, -0.2) is 4.79 Å². The molecule has 19 heavy (non-hydrogen) atoms. The van der Waals surface area contributed by atoms with Crippen molar-refractivity contribution in [3.05, 3.63) is 0 Å². The molecule has 0 heterocycles. The molecule has 0 spiro atoms. The van der Waals surface area contributed by atoms with Gasteiger partial charge in [-0.05, 0) is 33.2 Å². The minimum Gasteiger partial charge on any atom is -0.337 e. The lowest BCUT2D eigenvalue weighted by Gasteiger charge is -2.31. The molecular weight excluding hydrogens is 238 g/mol. The Morgan fingerprint density at radius 1 is 1.26 bits per heavy atom. The summed E-state index contributed by atoms with van der Waals surface area (Å²) in [5.41, 5.74) is 0. The topological polar surface area (TPSA) is 35.6 Å². The van der Waals surface area contributed by atoms with E-state index in [4.69, 9.17) is 0 Å². The van der Waals surface area contributed by atoms with Crippen molar-refractivity contribution in [1.82, 2.24) is 15.1 Å². The summed E-state index contributed by atoms with van der Waals surface area (Å²) >= 11 is 0. The van der Waals surface area contributed by atoms with Gasteiger partial charge in [0.2, 0.25) is 0 Å². The maximum Gasteiger partial charge on any atom is 0.317 e. The van der Waals surface area contributed by atoms with Crippen LogP contribution in [0.15, 0.2) is 0 Å². The lowest BCUT2D eigenvalue weighted by atomic mass is 9.95. The van der Waals surface area contributed by atoms with Gasteiger partial charge in [-0.3, -0.25) is 0 Å². The second kappa shape index (κ2) is 8.41. The van der Waals surface area contributed by atoms with Crippen LogP contribution in [0.5, 0.6) is 0 Å². The van der Waals surface area contributed by atoms with Gasteiger partial charge >= 0.3 is 6.03 Å². The summed E-state index contributed by atoms with van der Waals surface area (Å²) in [5, 5.41) is 3.03. The highest BCUT2D eigenvalue weighted by atomic mass is 16.2. The van der Waals surface area contributed by atoms with Gasteiger partial charge in [0.05, 0.1) is 0 Å². The fourth-order valence-corrected chi connectivity index (χ4v) is 2.63. The van der Waals surface area contributed by atoms with Gasteiger partial charge in [0.1, 0.15) is 0 Å². The van der Waals surface area contributed by atoms with E-state index < -0.39 is 0 Å². The molecule has 0 aliphatic heterocycles.